The summed E-state index contributed by atoms with van der Waals surface area (Å²) in [5.41, 5.74) is 2.20. The molecule has 108 valence electrons. The maximum Gasteiger partial charge on any atom is 0.125 e. The Balaban J connectivity index is 1.66. The molecule has 21 heavy (non-hydrogen) atoms. The van der Waals surface area contributed by atoms with E-state index < -0.39 is 0 Å². The van der Waals surface area contributed by atoms with Crippen molar-refractivity contribution in [3.05, 3.63) is 59.7 Å². The second-order valence-electron chi connectivity index (χ2n) is 6.24. The van der Waals surface area contributed by atoms with Crippen LogP contribution in [0, 0.1) is 0 Å². The van der Waals surface area contributed by atoms with E-state index in [1.165, 1.54) is 11.1 Å². The van der Waals surface area contributed by atoms with Gasteiger partial charge in [-0.25, -0.2) is 0 Å². The Morgan fingerprint density at radius 1 is 0.952 bits per heavy atom. The zero-order valence-corrected chi connectivity index (χ0v) is 12.3. The molecule has 3 heteroatoms. The van der Waals surface area contributed by atoms with Crippen LogP contribution in [0.25, 0.3) is 0 Å². The first-order chi connectivity index (χ1) is 10.1. The molecule has 2 atom stereocenters. The molecule has 4 rings (SSSR count). The molecule has 2 heterocycles. The summed E-state index contributed by atoms with van der Waals surface area (Å²) >= 11 is 0. The van der Waals surface area contributed by atoms with E-state index in [1.807, 2.05) is 24.3 Å². The zero-order valence-electron chi connectivity index (χ0n) is 12.3. The van der Waals surface area contributed by atoms with Crippen LogP contribution in [0.5, 0.6) is 11.5 Å². The summed E-state index contributed by atoms with van der Waals surface area (Å²) in [7, 11) is 0. The molecule has 2 aromatic carbocycles. The average molecular weight is 281 g/mol. The van der Waals surface area contributed by atoms with E-state index in [4.69, 9.17) is 9.47 Å². The Labute approximate surface area is 124 Å². The lowest BCUT2D eigenvalue weighted by Crippen LogP contribution is -2.41. The van der Waals surface area contributed by atoms with Crippen LogP contribution in [-0.4, -0.2) is 12.2 Å². The number of para-hydroxylation sites is 2. The summed E-state index contributed by atoms with van der Waals surface area (Å²) in [5, 5.41) is 3.73. The van der Waals surface area contributed by atoms with Crippen LogP contribution in [0.3, 0.4) is 0 Å². The molecule has 0 radical (unpaired) electrons. The van der Waals surface area contributed by atoms with Gasteiger partial charge in [0.1, 0.15) is 23.7 Å². The molecule has 1 N–H and O–H groups in total. The predicted octanol–water partition coefficient (Wildman–Crippen LogP) is 3.62. The summed E-state index contributed by atoms with van der Waals surface area (Å²) in [6.07, 6.45) is 0. The number of benzene rings is 2. The van der Waals surface area contributed by atoms with Crippen LogP contribution in [0.15, 0.2) is 48.5 Å². The highest BCUT2D eigenvalue weighted by Gasteiger charge is 2.42. The van der Waals surface area contributed by atoms with E-state index in [0.29, 0.717) is 6.61 Å². The van der Waals surface area contributed by atoms with E-state index in [-0.39, 0.29) is 17.7 Å². The minimum absolute atomic E-state index is 0.161. The van der Waals surface area contributed by atoms with Gasteiger partial charge in [-0.2, -0.15) is 0 Å². The highest BCUT2D eigenvalue weighted by molar-refractivity contribution is 5.44. The topological polar surface area (TPSA) is 30.5 Å². The van der Waals surface area contributed by atoms with E-state index in [0.717, 1.165) is 11.5 Å². The van der Waals surface area contributed by atoms with Gasteiger partial charge in [0.05, 0.1) is 12.1 Å². The quantitative estimate of drug-likeness (QED) is 0.912. The highest BCUT2D eigenvalue weighted by atomic mass is 16.5. The van der Waals surface area contributed by atoms with Crippen molar-refractivity contribution >= 4 is 0 Å². The lowest BCUT2D eigenvalue weighted by molar-refractivity contribution is 0.0889. The fraction of sp³-hybridized carbons (Fsp3) is 0.333. The van der Waals surface area contributed by atoms with Gasteiger partial charge >= 0.3 is 0 Å². The largest absolute Gasteiger partial charge is 0.491 e. The monoisotopic (exact) mass is 281 g/mol. The number of rotatable bonds is 2. The third-order valence-electron chi connectivity index (χ3n) is 4.37. The van der Waals surface area contributed by atoms with Gasteiger partial charge in [-0.3, -0.25) is 5.32 Å². The van der Waals surface area contributed by atoms with Crippen molar-refractivity contribution in [1.82, 2.24) is 5.32 Å². The van der Waals surface area contributed by atoms with Crippen molar-refractivity contribution in [2.24, 2.45) is 0 Å². The van der Waals surface area contributed by atoms with Crippen molar-refractivity contribution in [2.75, 3.05) is 6.61 Å². The zero-order chi connectivity index (χ0) is 14.4. The number of hydrogen-bond donors (Lipinski definition) is 1. The van der Waals surface area contributed by atoms with E-state index in [9.17, 15) is 0 Å². The van der Waals surface area contributed by atoms with Gasteiger partial charge in [-0.1, -0.05) is 36.4 Å². The Hall–Kier alpha value is -2.00. The second kappa shape index (κ2) is 4.50. The van der Waals surface area contributed by atoms with Crippen LogP contribution in [0.2, 0.25) is 0 Å². The maximum atomic E-state index is 6.10. The third-order valence-corrected chi connectivity index (χ3v) is 4.37. The highest BCUT2D eigenvalue weighted by Crippen LogP contribution is 2.45. The first-order valence-electron chi connectivity index (χ1n) is 7.41. The molecule has 2 unspecified atom stereocenters. The Kier molecular flexibility index (Phi) is 2.73. The standard InChI is InChI=1S/C18H19NO2/c1-18(2)17(13-8-4-6-10-16(13)21-18)19-14-11-20-15-9-5-3-7-12(14)15/h3-10,14,17,19H,11H2,1-2H3. The summed E-state index contributed by atoms with van der Waals surface area (Å²) < 4.78 is 11.9. The maximum absolute atomic E-state index is 6.10. The first kappa shape index (κ1) is 12.7. The Morgan fingerprint density at radius 3 is 2.43 bits per heavy atom. The number of fused-ring (bicyclic) bond motifs is 2. The second-order valence-corrected chi connectivity index (χ2v) is 6.24. The fourth-order valence-corrected chi connectivity index (χ4v) is 3.32. The van der Waals surface area contributed by atoms with Crippen LogP contribution < -0.4 is 14.8 Å². The summed E-state index contributed by atoms with van der Waals surface area (Å²) in [6, 6.07) is 16.9. The summed E-state index contributed by atoms with van der Waals surface area (Å²) in [4.78, 5) is 0. The van der Waals surface area contributed by atoms with Gasteiger partial charge in [0.25, 0.3) is 0 Å². The van der Waals surface area contributed by atoms with Crippen LogP contribution >= 0.6 is 0 Å². The normalized spacial score (nSPS) is 24.9. The van der Waals surface area contributed by atoms with Crippen molar-refractivity contribution in [3.8, 4) is 11.5 Å². The van der Waals surface area contributed by atoms with Gasteiger partial charge in [0.2, 0.25) is 0 Å². The summed E-state index contributed by atoms with van der Waals surface area (Å²) in [5.74, 6) is 1.97. The van der Waals surface area contributed by atoms with Crippen molar-refractivity contribution < 1.29 is 9.47 Å². The molecule has 0 spiro atoms. The molecule has 0 saturated heterocycles. The molecule has 2 aliphatic heterocycles. The SMILES string of the molecule is CC1(C)Oc2ccccc2C1NC1COc2ccccc21. The molecule has 2 aliphatic rings. The molecule has 3 nitrogen and oxygen atoms in total. The van der Waals surface area contributed by atoms with Crippen LogP contribution in [0.4, 0.5) is 0 Å². The lowest BCUT2D eigenvalue weighted by Gasteiger charge is -2.29. The van der Waals surface area contributed by atoms with Gasteiger partial charge in [0, 0.05) is 11.1 Å². The molecule has 0 bridgehead atoms. The van der Waals surface area contributed by atoms with E-state index >= 15 is 0 Å². The number of ether oxygens (including phenoxy) is 2. The number of hydrogen-bond acceptors (Lipinski definition) is 3. The molecule has 0 fully saturated rings. The van der Waals surface area contributed by atoms with E-state index in [2.05, 4.69) is 43.4 Å². The van der Waals surface area contributed by atoms with Crippen molar-refractivity contribution in [1.29, 1.82) is 0 Å². The molecule has 0 saturated carbocycles. The van der Waals surface area contributed by atoms with Crippen molar-refractivity contribution in [2.45, 2.75) is 31.5 Å². The molecule has 2 aromatic rings. The lowest BCUT2D eigenvalue weighted by atomic mass is 9.93. The Morgan fingerprint density at radius 2 is 1.62 bits per heavy atom. The van der Waals surface area contributed by atoms with Crippen LogP contribution in [-0.2, 0) is 0 Å². The van der Waals surface area contributed by atoms with Gasteiger partial charge in [-0.15, -0.1) is 0 Å². The smallest absolute Gasteiger partial charge is 0.125 e. The molecule has 0 aliphatic carbocycles. The molecular formula is C18H19NO2. The Bertz CT molecular complexity index is 680. The molecule has 0 aromatic heterocycles. The van der Waals surface area contributed by atoms with Gasteiger partial charge in [-0.05, 0) is 26.0 Å². The summed E-state index contributed by atoms with van der Waals surface area (Å²) in [6.45, 7) is 4.94. The van der Waals surface area contributed by atoms with Crippen LogP contribution in [0.1, 0.15) is 37.1 Å². The minimum Gasteiger partial charge on any atom is -0.491 e. The minimum atomic E-state index is -0.263. The number of nitrogens with one attached hydrogen (secondary N) is 1. The molecule has 0 amide bonds. The van der Waals surface area contributed by atoms with Gasteiger partial charge < -0.3 is 9.47 Å². The van der Waals surface area contributed by atoms with Gasteiger partial charge in [0.15, 0.2) is 0 Å². The predicted molar refractivity (Wildman–Crippen MR) is 81.7 cm³/mol. The average Bonchev–Trinajstić information content (AvgIpc) is 2.99. The molecular weight excluding hydrogens is 262 g/mol. The first-order valence-corrected chi connectivity index (χ1v) is 7.41. The fourth-order valence-electron chi connectivity index (χ4n) is 3.32. The van der Waals surface area contributed by atoms with E-state index in [1.54, 1.807) is 0 Å². The van der Waals surface area contributed by atoms with Crippen molar-refractivity contribution in [3.63, 3.8) is 0 Å². The third kappa shape index (κ3) is 2.00.